The number of nitrogens with zero attached hydrogens (tertiary/aromatic N) is 3. The summed E-state index contributed by atoms with van der Waals surface area (Å²) in [5, 5.41) is 11.6. The first kappa shape index (κ1) is 21.7. The maximum absolute atomic E-state index is 12.5. The molecule has 1 N–H and O–H groups in total. The van der Waals surface area contributed by atoms with E-state index in [-0.39, 0.29) is 11.2 Å². The summed E-state index contributed by atoms with van der Waals surface area (Å²) < 4.78 is 5.80. The second-order valence-corrected chi connectivity index (χ2v) is 8.84. The fourth-order valence-corrected chi connectivity index (χ4v) is 4.42. The molecule has 6 nitrogen and oxygen atoms in total. The number of anilines is 1. The van der Waals surface area contributed by atoms with Gasteiger partial charge in [-0.05, 0) is 57.9 Å². The highest BCUT2D eigenvalue weighted by Crippen LogP contribution is 2.28. The van der Waals surface area contributed by atoms with Crippen LogP contribution in [0.25, 0.3) is 11.5 Å². The van der Waals surface area contributed by atoms with Crippen LogP contribution in [0.4, 0.5) is 5.69 Å². The Labute approximate surface area is 177 Å². The van der Waals surface area contributed by atoms with Crippen molar-refractivity contribution in [2.45, 2.75) is 75.8 Å². The SMILES string of the molecule is CCN(CC)c1ccc(-c2nnc(SC(C)C(=O)NC3CCCCCC3)o2)cc1. The molecule has 1 aromatic carbocycles. The molecule has 0 bridgehead atoms. The molecule has 1 amide bonds. The van der Waals surface area contributed by atoms with Gasteiger partial charge in [0.25, 0.3) is 5.22 Å². The molecular weight excluding hydrogens is 384 g/mol. The van der Waals surface area contributed by atoms with Crippen LogP contribution < -0.4 is 10.2 Å². The summed E-state index contributed by atoms with van der Waals surface area (Å²) in [5.74, 6) is 0.528. The molecule has 1 heterocycles. The highest BCUT2D eigenvalue weighted by Gasteiger charge is 2.22. The molecule has 7 heteroatoms. The van der Waals surface area contributed by atoms with Crippen molar-refractivity contribution in [2.24, 2.45) is 0 Å². The second kappa shape index (κ2) is 10.7. The standard InChI is InChI=1S/C22H32N4O2S/c1-4-26(5-2)19-14-12-17(13-15-19)21-24-25-22(28-21)29-16(3)20(27)23-18-10-8-6-7-9-11-18/h12-16,18H,4-11H2,1-3H3,(H,23,27). The van der Waals surface area contributed by atoms with E-state index in [4.69, 9.17) is 4.42 Å². The number of thioether (sulfide) groups is 1. The minimum absolute atomic E-state index is 0.0465. The fourth-order valence-electron chi connectivity index (χ4n) is 3.72. The predicted molar refractivity (Wildman–Crippen MR) is 118 cm³/mol. The van der Waals surface area contributed by atoms with Crippen LogP contribution in [-0.4, -0.2) is 40.5 Å². The number of carbonyl (C=O) groups is 1. The van der Waals surface area contributed by atoms with Crippen molar-refractivity contribution in [1.82, 2.24) is 15.5 Å². The zero-order valence-corrected chi connectivity index (χ0v) is 18.5. The normalized spacial score (nSPS) is 16.2. The largest absolute Gasteiger partial charge is 0.411 e. The van der Waals surface area contributed by atoms with Gasteiger partial charge in [-0.1, -0.05) is 37.4 Å². The van der Waals surface area contributed by atoms with Gasteiger partial charge in [0.1, 0.15) is 0 Å². The van der Waals surface area contributed by atoms with Crippen molar-refractivity contribution in [3.05, 3.63) is 24.3 Å². The van der Waals surface area contributed by atoms with E-state index in [0.29, 0.717) is 17.2 Å². The molecular formula is C22H32N4O2S. The second-order valence-electron chi connectivity index (χ2n) is 7.55. The molecule has 1 saturated carbocycles. The van der Waals surface area contributed by atoms with Gasteiger partial charge in [0.05, 0.1) is 5.25 Å². The first-order valence-electron chi connectivity index (χ1n) is 10.8. The molecule has 3 rings (SSSR count). The number of amides is 1. The van der Waals surface area contributed by atoms with E-state index in [1.807, 2.05) is 19.1 Å². The molecule has 1 aromatic heterocycles. The van der Waals surface area contributed by atoms with Crippen molar-refractivity contribution < 1.29 is 9.21 Å². The lowest BCUT2D eigenvalue weighted by Gasteiger charge is -2.20. The van der Waals surface area contributed by atoms with E-state index in [2.05, 4.69) is 46.4 Å². The zero-order chi connectivity index (χ0) is 20.6. The van der Waals surface area contributed by atoms with Gasteiger partial charge in [0.15, 0.2) is 0 Å². The molecule has 1 fully saturated rings. The number of aromatic nitrogens is 2. The zero-order valence-electron chi connectivity index (χ0n) is 17.7. The molecule has 0 spiro atoms. The van der Waals surface area contributed by atoms with Crippen molar-refractivity contribution in [3.8, 4) is 11.5 Å². The Morgan fingerprint density at radius 3 is 2.41 bits per heavy atom. The molecule has 1 unspecified atom stereocenters. The molecule has 1 aliphatic carbocycles. The summed E-state index contributed by atoms with van der Waals surface area (Å²) in [6.45, 7) is 8.12. The molecule has 0 saturated heterocycles. The number of nitrogens with one attached hydrogen (secondary N) is 1. The average Bonchev–Trinajstić information content (AvgIpc) is 3.04. The third-order valence-electron chi connectivity index (χ3n) is 5.50. The first-order valence-corrected chi connectivity index (χ1v) is 11.6. The number of hydrogen-bond acceptors (Lipinski definition) is 6. The minimum Gasteiger partial charge on any atom is -0.411 e. The molecule has 1 atom stereocenters. The Balaban J connectivity index is 1.57. The van der Waals surface area contributed by atoms with Crippen molar-refractivity contribution in [1.29, 1.82) is 0 Å². The average molecular weight is 417 g/mol. The van der Waals surface area contributed by atoms with Crippen molar-refractivity contribution >= 4 is 23.4 Å². The van der Waals surface area contributed by atoms with Crippen LogP contribution >= 0.6 is 11.8 Å². The number of hydrogen-bond donors (Lipinski definition) is 1. The van der Waals surface area contributed by atoms with Gasteiger partial charge in [-0.3, -0.25) is 4.79 Å². The van der Waals surface area contributed by atoms with Crippen LogP contribution in [0.3, 0.4) is 0 Å². The Bertz CT molecular complexity index is 765. The lowest BCUT2D eigenvalue weighted by Crippen LogP contribution is -2.39. The molecule has 158 valence electrons. The quantitative estimate of drug-likeness (QED) is 0.487. The summed E-state index contributed by atoms with van der Waals surface area (Å²) in [6.07, 6.45) is 7.11. The van der Waals surface area contributed by atoms with Crippen LogP contribution in [0.5, 0.6) is 0 Å². The summed E-state index contributed by atoms with van der Waals surface area (Å²) in [5.41, 5.74) is 2.06. The number of rotatable bonds is 8. The summed E-state index contributed by atoms with van der Waals surface area (Å²) >= 11 is 1.32. The van der Waals surface area contributed by atoms with Gasteiger partial charge in [0.2, 0.25) is 11.8 Å². The van der Waals surface area contributed by atoms with E-state index in [1.165, 1.54) is 43.1 Å². The van der Waals surface area contributed by atoms with E-state index in [0.717, 1.165) is 31.5 Å². The van der Waals surface area contributed by atoms with E-state index < -0.39 is 0 Å². The fraction of sp³-hybridized carbons (Fsp3) is 0.591. The van der Waals surface area contributed by atoms with E-state index in [1.54, 1.807) is 0 Å². The van der Waals surface area contributed by atoms with Gasteiger partial charge in [0, 0.05) is 30.4 Å². The molecule has 29 heavy (non-hydrogen) atoms. The lowest BCUT2D eigenvalue weighted by atomic mass is 10.1. The van der Waals surface area contributed by atoms with Gasteiger partial charge < -0.3 is 14.6 Å². The molecule has 0 radical (unpaired) electrons. The number of benzene rings is 1. The number of carbonyl (C=O) groups excluding carboxylic acids is 1. The Kier molecular flexibility index (Phi) is 7.98. The summed E-state index contributed by atoms with van der Waals surface area (Å²) in [4.78, 5) is 14.8. The van der Waals surface area contributed by atoms with Gasteiger partial charge in [-0.25, -0.2) is 0 Å². The van der Waals surface area contributed by atoms with Crippen LogP contribution in [0.15, 0.2) is 33.9 Å². The highest BCUT2D eigenvalue weighted by molar-refractivity contribution is 8.00. The highest BCUT2D eigenvalue weighted by atomic mass is 32.2. The summed E-state index contributed by atoms with van der Waals surface area (Å²) in [7, 11) is 0. The van der Waals surface area contributed by atoms with Gasteiger partial charge in [-0.2, -0.15) is 0 Å². The smallest absolute Gasteiger partial charge is 0.277 e. The van der Waals surface area contributed by atoms with Crippen LogP contribution in [0.2, 0.25) is 0 Å². The predicted octanol–water partition coefficient (Wildman–Crippen LogP) is 4.90. The minimum atomic E-state index is -0.267. The van der Waals surface area contributed by atoms with Gasteiger partial charge in [-0.15, -0.1) is 10.2 Å². The third kappa shape index (κ3) is 5.98. The Morgan fingerprint density at radius 1 is 1.14 bits per heavy atom. The topological polar surface area (TPSA) is 71.3 Å². The maximum atomic E-state index is 12.5. The van der Waals surface area contributed by atoms with E-state index in [9.17, 15) is 4.79 Å². The van der Waals surface area contributed by atoms with Crippen LogP contribution in [-0.2, 0) is 4.79 Å². The third-order valence-corrected chi connectivity index (χ3v) is 6.43. The molecule has 1 aliphatic rings. The van der Waals surface area contributed by atoms with Crippen LogP contribution in [0.1, 0.15) is 59.3 Å². The molecule has 2 aromatic rings. The Hall–Kier alpha value is -2.02. The van der Waals surface area contributed by atoms with Crippen molar-refractivity contribution in [3.63, 3.8) is 0 Å². The maximum Gasteiger partial charge on any atom is 0.277 e. The lowest BCUT2D eigenvalue weighted by molar-refractivity contribution is -0.121. The summed E-state index contributed by atoms with van der Waals surface area (Å²) in [6, 6.07) is 8.44. The Morgan fingerprint density at radius 2 is 1.79 bits per heavy atom. The van der Waals surface area contributed by atoms with Crippen molar-refractivity contribution in [2.75, 3.05) is 18.0 Å². The van der Waals surface area contributed by atoms with E-state index >= 15 is 0 Å². The van der Waals surface area contributed by atoms with Gasteiger partial charge >= 0.3 is 0 Å². The molecule has 0 aliphatic heterocycles. The monoisotopic (exact) mass is 416 g/mol. The van der Waals surface area contributed by atoms with Crippen LogP contribution in [0, 0.1) is 0 Å². The first-order chi connectivity index (χ1) is 14.1.